The van der Waals surface area contributed by atoms with Crippen LogP contribution >= 0.6 is 0 Å². The minimum Gasteiger partial charge on any atom is -0.343 e. The number of rotatable bonds is 0. The molecular weight excluding hydrogens is 341 g/mol. The molecule has 3 aromatic rings. The zero-order valence-corrected chi connectivity index (χ0v) is 17.4. The number of benzene rings is 2. The third-order valence-corrected chi connectivity index (χ3v) is 6.79. The Labute approximate surface area is 168 Å². The lowest BCUT2D eigenvalue weighted by molar-refractivity contribution is -0.526. The number of fused-ring (bicyclic) bond motifs is 8. The maximum atomic E-state index is 2.62. The smallest absolute Gasteiger partial charge is 0.343 e. The summed E-state index contributed by atoms with van der Waals surface area (Å²) in [7, 11) is 2.17. The predicted molar refractivity (Wildman–Crippen MR) is 117 cm³/mol. The molecule has 3 nitrogen and oxygen atoms in total. The Morgan fingerprint density at radius 3 is 2.64 bits per heavy atom. The first kappa shape index (κ1) is 17.6. The van der Waals surface area contributed by atoms with Crippen molar-refractivity contribution in [3.05, 3.63) is 66.0 Å². The number of aromatic nitrogens is 2. The summed E-state index contributed by atoms with van der Waals surface area (Å²) in [6.07, 6.45) is 9.40. The van der Waals surface area contributed by atoms with Gasteiger partial charge in [-0.05, 0) is 48.3 Å². The molecule has 4 heteroatoms. The lowest BCUT2D eigenvalue weighted by Crippen LogP contribution is -2.63. The van der Waals surface area contributed by atoms with E-state index < -0.39 is 0 Å². The molecular formula is C24H29BN3+. The van der Waals surface area contributed by atoms with Crippen molar-refractivity contribution < 1.29 is 4.48 Å². The fourth-order valence-electron chi connectivity index (χ4n) is 5.31. The van der Waals surface area contributed by atoms with Gasteiger partial charge in [-0.2, -0.15) is 0 Å². The van der Waals surface area contributed by atoms with Gasteiger partial charge in [0.15, 0.2) is 0 Å². The first-order valence-electron chi connectivity index (χ1n) is 10.5. The normalized spacial score (nSPS) is 17.6. The zero-order valence-electron chi connectivity index (χ0n) is 17.4. The van der Waals surface area contributed by atoms with Gasteiger partial charge in [0.1, 0.15) is 12.4 Å². The maximum absolute atomic E-state index is 2.62. The standard InChI is InChI=1S/C24H29BN3/c1-18-10-9-13-21-22(18)23-26(4)16-17-27(23)25-15-8-7-14-24(2,3)19-11-5-6-12-20(19)28(21)25/h5-6,9-13,16-17H,7-8,14-15H2,1-4H3/q+1. The average molecular weight is 370 g/mol. The van der Waals surface area contributed by atoms with Crippen molar-refractivity contribution in [2.75, 3.05) is 4.81 Å². The summed E-state index contributed by atoms with van der Waals surface area (Å²) in [5.74, 6) is 1.32. The molecule has 2 aliphatic heterocycles. The predicted octanol–water partition coefficient (Wildman–Crippen LogP) is 5.24. The number of hydrogen-bond acceptors (Lipinski definition) is 1. The molecule has 0 saturated heterocycles. The van der Waals surface area contributed by atoms with Crippen LogP contribution in [0.25, 0.3) is 11.4 Å². The number of nitrogens with zero attached hydrogens (tertiary/aromatic N) is 3. The van der Waals surface area contributed by atoms with Crippen LogP contribution in [0.5, 0.6) is 0 Å². The number of anilines is 2. The summed E-state index contributed by atoms with van der Waals surface area (Å²) >= 11 is 0. The van der Waals surface area contributed by atoms with Gasteiger partial charge in [0.25, 0.3) is 5.82 Å². The van der Waals surface area contributed by atoms with E-state index in [4.69, 9.17) is 0 Å². The van der Waals surface area contributed by atoms with Crippen molar-refractivity contribution in [1.29, 1.82) is 0 Å². The van der Waals surface area contributed by atoms with Gasteiger partial charge in [0, 0.05) is 11.4 Å². The fourth-order valence-corrected chi connectivity index (χ4v) is 5.31. The molecule has 2 aromatic carbocycles. The van der Waals surface area contributed by atoms with Crippen molar-refractivity contribution in [2.24, 2.45) is 7.05 Å². The fraction of sp³-hybridized carbons (Fsp3) is 0.375. The molecule has 5 rings (SSSR count). The van der Waals surface area contributed by atoms with Gasteiger partial charge in [-0.15, -0.1) is 0 Å². The van der Waals surface area contributed by atoms with E-state index in [-0.39, 0.29) is 5.41 Å². The Kier molecular flexibility index (Phi) is 3.94. The molecule has 0 fully saturated rings. The van der Waals surface area contributed by atoms with Gasteiger partial charge in [-0.3, -0.25) is 4.48 Å². The SMILES string of the molecule is Cc1cccc2c1-c1n(C)cc[n+]1B1CCCCC(C)(C)c3ccccc3N12. The van der Waals surface area contributed by atoms with Crippen molar-refractivity contribution in [3.8, 4) is 11.4 Å². The molecule has 0 spiro atoms. The van der Waals surface area contributed by atoms with E-state index in [1.807, 2.05) is 0 Å². The summed E-state index contributed by atoms with van der Waals surface area (Å²) in [5.41, 5.74) is 7.05. The van der Waals surface area contributed by atoms with Crippen LogP contribution < -0.4 is 9.29 Å². The number of imidazole rings is 1. The highest BCUT2D eigenvalue weighted by atomic mass is 15.2. The summed E-state index contributed by atoms with van der Waals surface area (Å²) in [4.78, 5) is 2.62. The summed E-state index contributed by atoms with van der Waals surface area (Å²) in [5, 5.41) is 0. The van der Waals surface area contributed by atoms with Crippen molar-refractivity contribution in [2.45, 2.75) is 51.8 Å². The van der Waals surface area contributed by atoms with E-state index >= 15 is 0 Å². The molecule has 0 atom stereocenters. The summed E-state index contributed by atoms with van der Waals surface area (Å²) < 4.78 is 4.79. The second kappa shape index (κ2) is 6.27. The van der Waals surface area contributed by atoms with E-state index in [1.54, 1.807) is 0 Å². The topological polar surface area (TPSA) is 12.0 Å². The van der Waals surface area contributed by atoms with E-state index in [1.165, 1.54) is 59.5 Å². The Hall–Kier alpha value is -2.49. The van der Waals surface area contributed by atoms with Crippen molar-refractivity contribution >= 4 is 18.4 Å². The number of aryl methyl sites for hydroxylation is 2. The van der Waals surface area contributed by atoms with E-state index in [0.29, 0.717) is 6.98 Å². The van der Waals surface area contributed by atoms with E-state index in [0.717, 1.165) is 0 Å². The molecule has 0 aliphatic carbocycles. The van der Waals surface area contributed by atoms with Gasteiger partial charge >= 0.3 is 6.98 Å². The average Bonchev–Trinajstić information content (AvgIpc) is 3.08. The van der Waals surface area contributed by atoms with Gasteiger partial charge in [-0.1, -0.05) is 57.0 Å². The minimum absolute atomic E-state index is 0.178. The molecule has 142 valence electrons. The largest absolute Gasteiger partial charge is 0.505 e. The molecule has 1 aromatic heterocycles. The molecule has 2 aliphatic rings. The molecule has 0 bridgehead atoms. The molecule has 28 heavy (non-hydrogen) atoms. The third kappa shape index (κ3) is 2.47. The Morgan fingerprint density at radius 1 is 1.00 bits per heavy atom. The van der Waals surface area contributed by atoms with Crippen LogP contribution in [-0.4, -0.2) is 11.5 Å². The van der Waals surface area contributed by atoms with Crippen LogP contribution in [0.1, 0.15) is 44.2 Å². The highest BCUT2D eigenvalue weighted by Crippen LogP contribution is 2.45. The maximum Gasteiger partial charge on any atom is 0.505 e. The lowest BCUT2D eigenvalue weighted by atomic mass is 9.65. The van der Waals surface area contributed by atoms with Crippen LogP contribution in [0.2, 0.25) is 6.32 Å². The van der Waals surface area contributed by atoms with Gasteiger partial charge < -0.3 is 4.81 Å². The number of para-hydroxylation sites is 1. The Morgan fingerprint density at radius 2 is 1.79 bits per heavy atom. The van der Waals surface area contributed by atoms with Gasteiger partial charge in [0.05, 0.1) is 12.6 Å². The third-order valence-electron chi connectivity index (χ3n) is 6.79. The highest BCUT2D eigenvalue weighted by Gasteiger charge is 2.45. The van der Waals surface area contributed by atoms with Crippen LogP contribution in [0, 0.1) is 6.92 Å². The van der Waals surface area contributed by atoms with E-state index in [9.17, 15) is 0 Å². The monoisotopic (exact) mass is 370 g/mol. The lowest BCUT2D eigenvalue weighted by Gasteiger charge is -2.37. The summed E-state index contributed by atoms with van der Waals surface area (Å²) in [6, 6.07) is 15.8. The number of hydrogen-bond donors (Lipinski definition) is 0. The quantitative estimate of drug-likeness (QED) is 0.493. The van der Waals surface area contributed by atoms with E-state index in [2.05, 4.69) is 96.5 Å². The highest BCUT2D eigenvalue weighted by molar-refractivity contribution is 6.57. The molecule has 3 heterocycles. The second-order valence-electron chi connectivity index (χ2n) is 9.11. The minimum atomic E-state index is 0.178. The van der Waals surface area contributed by atoms with Crippen LogP contribution in [0.4, 0.5) is 11.4 Å². The molecule has 0 N–H and O–H groups in total. The van der Waals surface area contributed by atoms with Crippen LogP contribution in [-0.2, 0) is 12.5 Å². The molecule has 0 saturated carbocycles. The van der Waals surface area contributed by atoms with Gasteiger partial charge in [-0.25, -0.2) is 4.57 Å². The van der Waals surface area contributed by atoms with Crippen LogP contribution in [0.15, 0.2) is 54.9 Å². The summed E-state index contributed by atoms with van der Waals surface area (Å²) in [6.45, 7) is 7.38. The molecule has 0 radical (unpaired) electrons. The Balaban J connectivity index is 1.85. The first-order chi connectivity index (χ1) is 13.5. The second-order valence-corrected chi connectivity index (χ2v) is 9.11. The Bertz CT molecular complexity index is 1050. The zero-order chi connectivity index (χ0) is 19.5. The van der Waals surface area contributed by atoms with Crippen molar-refractivity contribution in [1.82, 2.24) is 4.57 Å². The van der Waals surface area contributed by atoms with Crippen LogP contribution in [0.3, 0.4) is 0 Å². The molecule has 0 amide bonds. The molecule has 0 unspecified atom stereocenters. The first-order valence-corrected chi connectivity index (χ1v) is 10.5. The van der Waals surface area contributed by atoms with Crippen molar-refractivity contribution in [3.63, 3.8) is 0 Å². The van der Waals surface area contributed by atoms with Gasteiger partial charge in [0.2, 0.25) is 0 Å².